The molecule has 4 aromatic rings. The Morgan fingerprint density at radius 3 is 2.88 bits per heavy atom. The van der Waals surface area contributed by atoms with E-state index in [1.54, 1.807) is 23.2 Å². The third-order valence-corrected chi connectivity index (χ3v) is 6.65. The molecule has 1 saturated heterocycles. The molecular formula is C22H19F2N7OS. The summed E-state index contributed by atoms with van der Waals surface area (Å²) in [6.07, 6.45) is 6.39. The Hall–Kier alpha value is -3.44. The number of nitrogens with one attached hydrogen (secondary N) is 2. The maximum Gasteiger partial charge on any atom is 0.229 e. The van der Waals surface area contributed by atoms with E-state index in [1.165, 1.54) is 17.4 Å². The van der Waals surface area contributed by atoms with Crippen molar-refractivity contribution in [1.82, 2.24) is 29.8 Å². The largest absolute Gasteiger partial charge is 0.482 e. The highest BCUT2D eigenvalue weighted by atomic mass is 32.1. The molecule has 168 valence electrons. The number of thiazole rings is 1. The first-order valence-electron chi connectivity index (χ1n) is 10.6. The minimum Gasteiger partial charge on any atom is -0.482 e. The molecule has 5 heterocycles. The normalized spacial score (nSPS) is 15.6. The predicted octanol–water partition coefficient (Wildman–Crippen LogP) is 4.17. The molecule has 0 radical (unpaired) electrons. The van der Waals surface area contributed by atoms with Crippen molar-refractivity contribution >= 4 is 22.4 Å². The van der Waals surface area contributed by atoms with Gasteiger partial charge in [0.1, 0.15) is 12.3 Å². The zero-order valence-electron chi connectivity index (χ0n) is 17.4. The van der Waals surface area contributed by atoms with E-state index in [1.807, 2.05) is 5.38 Å². The molecule has 0 unspecified atom stereocenters. The Kier molecular flexibility index (Phi) is 4.99. The van der Waals surface area contributed by atoms with E-state index in [0.29, 0.717) is 16.7 Å². The van der Waals surface area contributed by atoms with Crippen LogP contribution in [0.5, 0.6) is 5.75 Å². The van der Waals surface area contributed by atoms with Crippen molar-refractivity contribution in [2.24, 2.45) is 0 Å². The molecule has 1 aromatic carbocycles. The number of halogens is 2. The lowest BCUT2D eigenvalue weighted by Crippen LogP contribution is -2.26. The average Bonchev–Trinajstić information content (AvgIpc) is 3.51. The highest BCUT2D eigenvalue weighted by Gasteiger charge is 2.24. The Labute approximate surface area is 191 Å². The molecule has 0 atom stereocenters. The minimum atomic E-state index is -0.656. The number of hydrogen-bond acceptors (Lipinski definition) is 8. The van der Waals surface area contributed by atoms with E-state index in [9.17, 15) is 8.78 Å². The van der Waals surface area contributed by atoms with Crippen molar-refractivity contribution in [3.63, 3.8) is 0 Å². The maximum absolute atomic E-state index is 14.8. The van der Waals surface area contributed by atoms with Crippen LogP contribution >= 0.6 is 11.3 Å². The Bertz CT molecular complexity index is 1330. The van der Waals surface area contributed by atoms with Crippen LogP contribution in [-0.4, -0.2) is 37.6 Å². The van der Waals surface area contributed by atoms with E-state index in [0.717, 1.165) is 43.5 Å². The minimum absolute atomic E-state index is 0.0171. The van der Waals surface area contributed by atoms with E-state index in [4.69, 9.17) is 4.74 Å². The number of imidazole rings is 1. The van der Waals surface area contributed by atoms with Gasteiger partial charge < -0.3 is 15.4 Å². The third kappa shape index (κ3) is 3.72. The number of benzene rings is 1. The van der Waals surface area contributed by atoms with Gasteiger partial charge in [0.25, 0.3) is 0 Å². The molecule has 2 N–H and O–H groups in total. The van der Waals surface area contributed by atoms with Gasteiger partial charge in [-0.15, -0.1) is 11.3 Å². The zero-order chi connectivity index (χ0) is 22.4. The number of aromatic nitrogens is 5. The van der Waals surface area contributed by atoms with E-state index >= 15 is 0 Å². The number of fused-ring (bicyclic) bond motifs is 3. The fourth-order valence-corrected chi connectivity index (χ4v) is 4.99. The molecule has 6 rings (SSSR count). The van der Waals surface area contributed by atoms with Crippen LogP contribution in [0.15, 0.2) is 36.2 Å². The van der Waals surface area contributed by atoms with Crippen LogP contribution in [0.25, 0.3) is 16.9 Å². The first-order chi connectivity index (χ1) is 16.2. The van der Waals surface area contributed by atoms with Gasteiger partial charge in [-0.3, -0.25) is 4.57 Å². The number of piperidine rings is 1. The maximum atomic E-state index is 14.8. The first kappa shape index (κ1) is 20.2. The topological polar surface area (TPSA) is 89.8 Å². The van der Waals surface area contributed by atoms with Crippen LogP contribution in [0, 0.1) is 11.6 Å². The quantitative estimate of drug-likeness (QED) is 0.466. The fourth-order valence-electron chi connectivity index (χ4n) is 4.20. The van der Waals surface area contributed by atoms with Crippen molar-refractivity contribution in [1.29, 1.82) is 0 Å². The van der Waals surface area contributed by atoms with Crippen LogP contribution in [0.2, 0.25) is 0 Å². The molecule has 0 spiro atoms. The lowest BCUT2D eigenvalue weighted by molar-refractivity contribution is 0.270. The number of ether oxygens (including phenoxy) is 1. The predicted molar refractivity (Wildman–Crippen MR) is 119 cm³/mol. The Morgan fingerprint density at radius 2 is 2.00 bits per heavy atom. The monoisotopic (exact) mass is 467 g/mol. The molecule has 0 aliphatic carbocycles. The van der Waals surface area contributed by atoms with Gasteiger partial charge in [0.2, 0.25) is 5.95 Å². The molecule has 0 amide bonds. The summed E-state index contributed by atoms with van der Waals surface area (Å²) in [6, 6.07) is 2.85. The van der Waals surface area contributed by atoms with Crippen molar-refractivity contribution in [3.05, 3.63) is 59.3 Å². The smallest absolute Gasteiger partial charge is 0.229 e. The van der Waals surface area contributed by atoms with Crippen LogP contribution < -0.4 is 15.4 Å². The summed E-state index contributed by atoms with van der Waals surface area (Å²) in [6.45, 7) is 2.18. The van der Waals surface area contributed by atoms with E-state index in [2.05, 4.69) is 30.6 Å². The van der Waals surface area contributed by atoms with Gasteiger partial charge in [0, 0.05) is 16.9 Å². The summed E-state index contributed by atoms with van der Waals surface area (Å²) >= 11 is 1.46. The van der Waals surface area contributed by atoms with Crippen LogP contribution in [0.1, 0.15) is 30.1 Å². The Balaban J connectivity index is 1.31. The lowest BCUT2D eigenvalue weighted by atomic mass is 9.96. The molecular weight excluding hydrogens is 448 g/mol. The second kappa shape index (κ2) is 8.16. The van der Waals surface area contributed by atoms with E-state index in [-0.39, 0.29) is 29.6 Å². The highest BCUT2D eigenvalue weighted by molar-refractivity contribution is 7.13. The van der Waals surface area contributed by atoms with Gasteiger partial charge >= 0.3 is 0 Å². The molecule has 1 fully saturated rings. The summed E-state index contributed by atoms with van der Waals surface area (Å²) < 4.78 is 36.8. The van der Waals surface area contributed by atoms with Gasteiger partial charge in [0.15, 0.2) is 22.5 Å². The summed E-state index contributed by atoms with van der Waals surface area (Å²) in [7, 11) is 0. The van der Waals surface area contributed by atoms with Crippen LogP contribution in [-0.2, 0) is 6.61 Å². The highest BCUT2D eigenvalue weighted by Crippen LogP contribution is 2.37. The molecule has 2 aliphatic rings. The summed E-state index contributed by atoms with van der Waals surface area (Å²) in [5.41, 5.74) is 2.52. The molecule has 3 aromatic heterocycles. The fraction of sp³-hybridized carbons (Fsp3) is 0.273. The molecule has 8 nitrogen and oxygen atoms in total. The molecule has 11 heteroatoms. The van der Waals surface area contributed by atoms with Crippen molar-refractivity contribution in [2.75, 3.05) is 18.4 Å². The summed E-state index contributed by atoms with van der Waals surface area (Å²) in [5.74, 6) is -0.532. The second-order valence-electron chi connectivity index (χ2n) is 7.97. The zero-order valence-corrected chi connectivity index (χ0v) is 18.2. The summed E-state index contributed by atoms with van der Waals surface area (Å²) in [5, 5.41) is 9.07. The first-order valence-corrected chi connectivity index (χ1v) is 11.5. The van der Waals surface area contributed by atoms with Gasteiger partial charge in [-0.1, -0.05) is 0 Å². The van der Waals surface area contributed by atoms with Crippen molar-refractivity contribution < 1.29 is 13.5 Å². The number of anilines is 2. The van der Waals surface area contributed by atoms with Crippen LogP contribution in [0.4, 0.5) is 19.9 Å². The number of hydrogen-bond donors (Lipinski definition) is 2. The molecule has 2 aliphatic heterocycles. The van der Waals surface area contributed by atoms with Gasteiger partial charge in [-0.2, -0.15) is 0 Å². The number of nitrogens with zero attached hydrogens (tertiary/aromatic N) is 5. The van der Waals surface area contributed by atoms with Gasteiger partial charge in [-0.25, -0.2) is 28.7 Å². The van der Waals surface area contributed by atoms with Crippen LogP contribution in [0.3, 0.4) is 0 Å². The summed E-state index contributed by atoms with van der Waals surface area (Å²) in [4.78, 5) is 17.1. The average molecular weight is 468 g/mol. The van der Waals surface area contributed by atoms with Crippen molar-refractivity contribution in [3.8, 4) is 22.7 Å². The molecule has 33 heavy (non-hydrogen) atoms. The third-order valence-electron chi connectivity index (χ3n) is 5.88. The second-order valence-corrected chi connectivity index (χ2v) is 8.83. The Morgan fingerprint density at radius 1 is 1.12 bits per heavy atom. The lowest BCUT2D eigenvalue weighted by Gasteiger charge is -2.21. The van der Waals surface area contributed by atoms with Gasteiger partial charge in [0.05, 0.1) is 35.8 Å². The van der Waals surface area contributed by atoms with Crippen molar-refractivity contribution in [2.45, 2.75) is 25.4 Å². The number of rotatable bonds is 4. The van der Waals surface area contributed by atoms with Gasteiger partial charge in [-0.05, 0) is 38.1 Å². The van der Waals surface area contributed by atoms with E-state index < -0.39 is 11.6 Å². The SMILES string of the molecule is Fc1cnc(Nc2nc(C3CCNCC3)cs2)nc1-c1cc(F)c2c(c1)-n1cncc1CO2. The molecule has 0 bridgehead atoms. The molecule has 0 saturated carbocycles. The standard InChI is InChI=1S/C22H19F2N7OS/c23-15-5-13(6-18-20(15)32-9-14-7-26-11-31(14)18)19-16(24)8-27-21(29-19)30-22-28-17(10-33-22)12-1-3-25-4-2-12/h5-8,10-12,25H,1-4,9H2,(H,27,28,29,30).